The Kier molecular flexibility index (Phi) is 5.48. The van der Waals surface area contributed by atoms with Gasteiger partial charge in [-0.25, -0.2) is 8.42 Å². The standard InChI is InChI=1S/C18H19ClN2O5S/c1-12(18(22)20-15-6-4-3-5-14(15)19)21(27(2,23)24)13-7-8-16-17(11-13)26-10-9-25-16/h3-8,11-12H,9-10H2,1-2H3,(H,20,22)/t12-/m1/s1. The number of benzene rings is 2. The Balaban J connectivity index is 1.91. The summed E-state index contributed by atoms with van der Waals surface area (Å²) in [6.07, 6.45) is 1.04. The lowest BCUT2D eigenvalue weighted by Gasteiger charge is -2.29. The predicted molar refractivity (Wildman–Crippen MR) is 104 cm³/mol. The highest BCUT2D eigenvalue weighted by molar-refractivity contribution is 7.92. The molecular formula is C18H19ClN2O5S. The summed E-state index contributed by atoms with van der Waals surface area (Å²) in [5.74, 6) is 0.459. The van der Waals surface area contributed by atoms with E-state index >= 15 is 0 Å². The van der Waals surface area contributed by atoms with Crippen molar-refractivity contribution in [2.24, 2.45) is 0 Å². The highest BCUT2D eigenvalue weighted by atomic mass is 35.5. The van der Waals surface area contributed by atoms with Crippen LogP contribution in [0.5, 0.6) is 11.5 Å². The maximum Gasteiger partial charge on any atom is 0.248 e. The second kappa shape index (κ2) is 7.66. The highest BCUT2D eigenvalue weighted by Gasteiger charge is 2.30. The number of anilines is 2. The molecule has 1 amide bonds. The third kappa shape index (κ3) is 4.28. The highest BCUT2D eigenvalue weighted by Crippen LogP contribution is 2.35. The molecule has 1 N–H and O–H groups in total. The van der Waals surface area contributed by atoms with Crippen LogP contribution in [0.3, 0.4) is 0 Å². The summed E-state index contributed by atoms with van der Waals surface area (Å²) in [6.45, 7) is 2.31. The van der Waals surface area contributed by atoms with Crippen LogP contribution in [0, 0.1) is 0 Å². The molecule has 1 heterocycles. The van der Waals surface area contributed by atoms with E-state index in [0.717, 1.165) is 10.6 Å². The Morgan fingerprint density at radius 2 is 1.81 bits per heavy atom. The topological polar surface area (TPSA) is 84.9 Å². The quantitative estimate of drug-likeness (QED) is 0.819. The number of rotatable bonds is 5. The van der Waals surface area contributed by atoms with Gasteiger partial charge >= 0.3 is 0 Å². The van der Waals surface area contributed by atoms with E-state index in [1.54, 1.807) is 42.5 Å². The molecule has 0 aromatic heterocycles. The lowest BCUT2D eigenvalue weighted by molar-refractivity contribution is -0.116. The molecule has 3 rings (SSSR count). The summed E-state index contributed by atoms with van der Waals surface area (Å²) in [7, 11) is -3.75. The first-order valence-corrected chi connectivity index (χ1v) is 10.4. The average molecular weight is 411 g/mol. The van der Waals surface area contributed by atoms with Crippen molar-refractivity contribution in [3.63, 3.8) is 0 Å². The Morgan fingerprint density at radius 3 is 2.48 bits per heavy atom. The molecule has 0 saturated heterocycles. The van der Waals surface area contributed by atoms with Gasteiger partial charge in [-0.2, -0.15) is 0 Å². The predicted octanol–water partition coefficient (Wildman–Crippen LogP) is 2.90. The second-order valence-electron chi connectivity index (χ2n) is 6.03. The number of carbonyl (C=O) groups is 1. The minimum atomic E-state index is -3.75. The first kappa shape index (κ1) is 19.3. The molecule has 2 aromatic carbocycles. The van der Waals surface area contributed by atoms with E-state index in [0.29, 0.717) is 41.1 Å². The molecule has 1 aliphatic heterocycles. The Morgan fingerprint density at radius 1 is 1.15 bits per heavy atom. The smallest absolute Gasteiger partial charge is 0.248 e. The van der Waals surface area contributed by atoms with E-state index in [2.05, 4.69) is 5.32 Å². The number of nitrogens with one attached hydrogen (secondary N) is 1. The first-order valence-electron chi connectivity index (χ1n) is 8.22. The van der Waals surface area contributed by atoms with Crippen molar-refractivity contribution < 1.29 is 22.7 Å². The van der Waals surface area contributed by atoms with Crippen molar-refractivity contribution in [1.29, 1.82) is 0 Å². The van der Waals surface area contributed by atoms with Crippen LogP contribution in [0.1, 0.15) is 6.92 Å². The van der Waals surface area contributed by atoms with Crippen LogP contribution in [-0.2, 0) is 14.8 Å². The number of fused-ring (bicyclic) bond motifs is 1. The monoisotopic (exact) mass is 410 g/mol. The molecule has 0 saturated carbocycles. The van der Waals surface area contributed by atoms with Crippen molar-refractivity contribution in [3.8, 4) is 11.5 Å². The van der Waals surface area contributed by atoms with Crippen molar-refractivity contribution in [2.45, 2.75) is 13.0 Å². The van der Waals surface area contributed by atoms with Crippen LogP contribution in [0.15, 0.2) is 42.5 Å². The van der Waals surface area contributed by atoms with Gasteiger partial charge in [0.05, 0.1) is 22.7 Å². The summed E-state index contributed by atoms with van der Waals surface area (Å²) in [5, 5.41) is 3.03. The van der Waals surface area contributed by atoms with E-state index in [1.807, 2.05) is 0 Å². The average Bonchev–Trinajstić information content (AvgIpc) is 2.62. The summed E-state index contributed by atoms with van der Waals surface area (Å²) in [6, 6.07) is 10.5. The molecule has 0 bridgehead atoms. The molecule has 1 aliphatic rings. The maximum absolute atomic E-state index is 12.7. The zero-order valence-electron chi connectivity index (χ0n) is 14.8. The molecule has 0 fully saturated rings. The van der Waals surface area contributed by atoms with Crippen LogP contribution >= 0.6 is 11.6 Å². The number of sulfonamides is 1. The normalized spacial score (nSPS) is 14.3. The summed E-state index contributed by atoms with van der Waals surface area (Å²) < 4.78 is 36.8. The fourth-order valence-corrected chi connectivity index (χ4v) is 4.13. The summed E-state index contributed by atoms with van der Waals surface area (Å²) in [5.41, 5.74) is 0.718. The van der Waals surface area contributed by atoms with Crippen LogP contribution in [-0.4, -0.2) is 39.8 Å². The van der Waals surface area contributed by atoms with Gasteiger partial charge < -0.3 is 14.8 Å². The van der Waals surface area contributed by atoms with Gasteiger partial charge in [0.25, 0.3) is 0 Å². The second-order valence-corrected chi connectivity index (χ2v) is 8.30. The van der Waals surface area contributed by atoms with Crippen LogP contribution in [0.4, 0.5) is 11.4 Å². The van der Waals surface area contributed by atoms with Crippen LogP contribution in [0.2, 0.25) is 5.02 Å². The van der Waals surface area contributed by atoms with Crippen molar-refractivity contribution in [2.75, 3.05) is 29.1 Å². The lowest BCUT2D eigenvalue weighted by Crippen LogP contribution is -2.45. The van der Waals surface area contributed by atoms with E-state index in [1.165, 1.54) is 6.92 Å². The van der Waals surface area contributed by atoms with Gasteiger partial charge in [0.2, 0.25) is 15.9 Å². The largest absolute Gasteiger partial charge is 0.486 e. The third-order valence-electron chi connectivity index (χ3n) is 4.00. The van der Waals surface area contributed by atoms with Gasteiger partial charge in [-0.15, -0.1) is 0 Å². The van der Waals surface area contributed by atoms with Crippen LogP contribution in [0.25, 0.3) is 0 Å². The molecule has 144 valence electrons. The lowest BCUT2D eigenvalue weighted by atomic mass is 10.2. The van der Waals surface area contributed by atoms with Gasteiger partial charge in [0, 0.05) is 6.07 Å². The van der Waals surface area contributed by atoms with E-state index in [9.17, 15) is 13.2 Å². The number of nitrogens with zero attached hydrogens (tertiary/aromatic N) is 1. The molecule has 1 atom stereocenters. The summed E-state index contributed by atoms with van der Waals surface area (Å²) in [4.78, 5) is 12.7. The number of amides is 1. The molecule has 0 unspecified atom stereocenters. The molecule has 0 spiro atoms. The Bertz CT molecular complexity index is 964. The maximum atomic E-state index is 12.7. The number of para-hydroxylation sites is 1. The number of ether oxygens (including phenoxy) is 2. The van der Waals surface area contributed by atoms with Gasteiger partial charge in [0.1, 0.15) is 19.3 Å². The molecule has 27 heavy (non-hydrogen) atoms. The number of hydrogen-bond acceptors (Lipinski definition) is 5. The Hall–Kier alpha value is -2.45. The summed E-state index contributed by atoms with van der Waals surface area (Å²) >= 11 is 6.06. The minimum Gasteiger partial charge on any atom is -0.486 e. The van der Waals surface area contributed by atoms with Gasteiger partial charge in [-0.05, 0) is 31.2 Å². The minimum absolute atomic E-state index is 0.309. The van der Waals surface area contributed by atoms with Crippen molar-refractivity contribution in [3.05, 3.63) is 47.5 Å². The molecule has 0 aliphatic carbocycles. The number of carbonyl (C=O) groups excluding carboxylic acids is 1. The van der Waals surface area contributed by atoms with Gasteiger partial charge in [-0.1, -0.05) is 23.7 Å². The fourth-order valence-electron chi connectivity index (χ4n) is 2.78. The zero-order chi connectivity index (χ0) is 19.6. The first-order chi connectivity index (χ1) is 12.8. The van der Waals surface area contributed by atoms with Crippen molar-refractivity contribution >= 4 is 38.9 Å². The molecule has 0 radical (unpaired) electrons. The van der Waals surface area contributed by atoms with E-state index < -0.39 is 22.0 Å². The fraction of sp³-hybridized carbons (Fsp3) is 0.278. The molecule has 7 nitrogen and oxygen atoms in total. The zero-order valence-corrected chi connectivity index (χ0v) is 16.4. The third-order valence-corrected chi connectivity index (χ3v) is 5.57. The van der Waals surface area contributed by atoms with Gasteiger partial charge in [-0.3, -0.25) is 9.10 Å². The number of hydrogen-bond donors (Lipinski definition) is 1. The molecular weight excluding hydrogens is 392 g/mol. The molecule has 9 heteroatoms. The van der Waals surface area contributed by atoms with Gasteiger partial charge in [0.15, 0.2) is 11.5 Å². The number of halogens is 1. The van der Waals surface area contributed by atoms with E-state index in [-0.39, 0.29) is 0 Å². The molecule has 2 aromatic rings. The van der Waals surface area contributed by atoms with E-state index in [4.69, 9.17) is 21.1 Å². The van der Waals surface area contributed by atoms with Crippen LogP contribution < -0.4 is 19.1 Å². The Labute approximate surface area is 162 Å². The SMILES string of the molecule is C[C@H](C(=O)Nc1ccccc1Cl)N(c1ccc2c(c1)OCCO2)S(C)(=O)=O. The van der Waals surface area contributed by atoms with Crippen molar-refractivity contribution in [1.82, 2.24) is 0 Å².